The molecule has 3 aromatic rings. The number of nitrogens with zero attached hydrogens (tertiary/aromatic N) is 2. The molecule has 0 aliphatic carbocycles. The second-order valence-corrected chi connectivity index (χ2v) is 13.4. The Balaban J connectivity index is 1.35. The summed E-state index contributed by atoms with van der Waals surface area (Å²) >= 11 is 0. The van der Waals surface area contributed by atoms with Crippen molar-refractivity contribution in [2.75, 3.05) is 19.7 Å². The van der Waals surface area contributed by atoms with E-state index in [0.29, 0.717) is 30.4 Å². The van der Waals surface area contributed by atoms with Crippen molar-refractivity contribution in [1.82, 2.24) is 15.1 Å². The Bertz CT molecular complexity index is 1720. The molecule has 3 fully saturated rings. The van der Waals surface area contributed by atoms with Gasteiger partial charge < -0.3 is 29.7 Å². The molecule has 3 amide bonds. The number of rotatable bonds is 16. The number of nitrogens with one attached hydrogen (secondary N) is 1. The Kier molecular flexibility index (Phi) is 11.1. The minimum atomic E-state index is -1.32. The minimum Gasteiger partial charge on any atom is -0.455 e. The molecule has 2 bridgehead atoms. The Morgan fingerprint density at radius 2 is 1.63 bits per heavy atom. The van der Waals surface area contributed by atoms with Gasteiger partial charge in [0.1, 0.15) is 17.7 Å². The van der Waals surface area contributed by atoms with Crippen molar-refractivity contribution in [3.63, 3.8) is 0 Å². The van der Waals surface area contributed by atoms with E-state index in [1.54, 1.807) is 17.1 Å². The van der Waals surface area contributed by atoms with E-state index in [0.717, 1.165) is 5.56 Å². The Labute approximate surface area is 298 Å². The molecule has 266 valence electrons. The topological polar surface area (TPSA) is 125 Å². The molecule has 51 heavy (non-hydrogen) atoms. The highest BCUT2D eigenvalue weighted by Crippen LogP contribution is 2.60. The van der Waals surface area contributed by atoms with Gasteiger partial charge in [-0.05, 0) is 36.0 Å². The summed E-state index contributed by atoms with van der Waals surface area (Å²) in [4.78, 5) is 59.7. The summed E-state index contributed by atoms with van der Waals surface area (Å²) in [5, 5.41) is 13.7. The summed E-state index contributed by atoms with van der Waals surface area (Å²) in [6.07, 6.45) is 3.43. The zero-order valence-corrected chi connectivity index (χ0v) is 28.6. The second kappa shape index (κ2) is 15.9. The number of carbonyl (C=O) groups excluding carboxylic acids is 4. The fourth-order valence-electron chi connectivity index (χ4n) is 8.01. The Morgan fingerprint density at radius 3 is 2.25 bits per heavy atom. The fourth-order valence-corrected chi connectivity index (χ4v) is 8.01. The van der Waals surface area contributed by atoms with Crippen LogP contribution in [0.15, 0.2) is 116 Å². The first-order valence-electron chi connectivity index (χ1n) is 17.5. The number of fused-ring (bicyclic) bond motifs is 1. The van der Waals surface area contributed by atoms with Gasteiger partial charge in [-0.3, -0.25) is 19.2 Å². The molecule has 3 aliphatic heterocycles. The predicted octanol–water partition coefficient (Wildman–Crippen LogP) is 4.68. The largest absolute Gasteiger partial charge is 0.455 e. The van der Waals surface area contributed by atoms with Crippen LogP contribution in [0, 0.1) is 11.8 Å². The lowest BCUT2D eigenvalue weighted by Crippen LogP contribution is -2.57. The summed E-state index contributed by atoms with van der Waals surface area (Å²) in [6, 6.07) is 25.8. The highest BCUT2D eigenvalue weighted by molar-refractivity contribution is 5.98. The normalized spacial score (nSPS) is 24.3. The van der Waals surface area contributed by atoms with E-state index in [2.05, 4.69) is 18.5 Å². The van der Waals surface area contributed by atoms with Crippen LogP contribution in [0.2, 0.25) is 0 Å². The van der Waals surface area contributed by atoms with Gasteiger partial charge in [-0.1, -0.05) is 103 Å². The molecule has 1 spiro atoms. The number of likely N-dealkylation sites (tertiary alicyclic amines) is 1. The lowest BCUT2D eigenvalue weighted by atomic mass is 9.70. The van der Waals surface area contributed by atoms with E-state index in [1.807, 2.05) is 91.0 Å². The first-order valence-corrected chi connectivity index (χ1v) is 17.5. The molecule has 3 aliphatic rings. The predicted molar refractivity (Wildman–Crippen MR) is 190 cm³/mol. The number of aliphatic hydroxyl groups is 1. The average molecular weight is 692 g/mol. The highest BCUT2D eigenvalue weighted by Gasteiger charge is 2.75. The molecule has 2 N–H and O–H groups in total. The molecule has 3 heterocycles. The van der Waals surface area contributed by atoms with Gasteiger partial charge in [-0.15, -0.1) is 13.2 Å². The van der Waals surface area contributed by atoms with Gasteiger partial charge in [0, 0.05) is 19.5 Å². The number of hydrogen-bond donors (Lipinski definition) is 2. The first-order chi connectivity index (χ1) is 24.8. The smallest absolute Gasteiger partial charge is 0.313 e. The number of benzene rings is 3. The number of carbonyl (C=O) groups is 4. The van der Waals surface area contributed by atoms with Crippen LogP contribution in [0.25, 0.3) is 0 Å². The monoisotopic (exact) mass is 691 g/mol. The van der Waals surface area contributed by atoms with Gasteiger partial charge in [0.05, 0.1) is 37.1 Å². The number of hydrogen-bond acceptors (Lipinski definition) is 7. The SMILES string of the molecule is C=CCCC(=O)NC[C@H](OC(=O)[C@@H]1[C@@H]2CC[C@]3(O2)[C@H](C(=O)N(CC=C)Cc2ccccc2)N([C@H](CO)c2ccccc2)C(=O)[C@@H]13)c1ccccc1. The minimum absolute atomic E-state index is 0.0392. The van der Waals surface area contributed by atoms with Gasteiger partial charge in [0.2, 0.25) is 17.7 Å². The lowest BCUT2D eigenvalue weighted by Gasteiger charge is -2.39. The zero-order valence-electron chi connectivity index (χ0n) is 28.6. The molecular formula is C41H45N3O7. The van der Waals surface area contributed by atoms with Crippen LogP contribution in [-0.2, 0) is 35.2 Å². The van der Waals surface area contributed by atoms with Gasteiger partial charge in [-0.25, -0.2) is 0 Å². The number of ether oxygens (including phenoxy) is 2. The van der Waals surface area contributed by atoms with Crippen molar-refractivity contribution in [2.24, 2.45) is 11.8 Å². The summed E-state index contributed by atoms with van der Waals surface area (Å²) in [5.74, 6) is -3.62. The standard InChI is InChI=1S/C41H45N3O7/c1-3-5-21-34(46)42-25-33(30-19-13-8-14-20-30)50-40(49)35-32-22-23-41(51-32)36(35)38(47)44(31(27-45)29-17-11-7-12-18-29)37(41)39(48)43(24-4-2)26-28-15-9-6-10-16-28/h3-4,6-20,31-33,35-37,45H,1-2,5,21-27H2,(H,42,46)/t31-,32+,33+,35-,36-,37+,41-/m1/s1. The van der Waals surface area contributed by atoms with Crippen LogP contribution >= 0.6 is 0 Å². The van der Waals surface area contributed by atoms with Gasteiger partial charge >= 0.3 is 5.97 Å². The summed E-state index contributed by atoms with van der Waals surface area (Å²) in [6.45, 7) is 7.64. The number of aliphatic hydroxyl groups excluding tert-OH is 1. The van der Waals surface area contributed by atoms with Crippen molar-refractivity contribution in [3.8, 4) is 0 Å². The highest BCUT2D eigenvalue weighted by atomic mass is 16.6. The molecule has 0 radical (unpaired) electrons. The maximum absolute atomic E-state index is 14.9. The molecular weight excluding hydrogens is 646 g/mol. The van der Waals surface area contributed by atoms with Crippen LogP contribution in [0.1, 0.15) is 54.5 Å². The zero-order chi connectivity index (χ0) is 36.0. The molecule has 3 aromatic carbocycles. The lowest BCUT2D eigenvalue weighted by molar-refractivity contribution is -0.161. The first kappa shape index (κ1) is 35.8. The second-order valence-electron chi connectivity index (χ2n) is 13.4. The third-order valence-electron chi connectivity index (χ3n) is 10.3. The van der Waals surface area contributed by atoms with E-state index in [-0.39, 0.29) is 37.9 Å². The van der Waals surface area contributed by atoms with Crippen molar-refractivity contribution >= 4 is 23.7 Å². The van der Waals surface area contributed by atoms with E-state index in [4.69, 9.17) is 9.47 Å². The fraction of sp³-hybridized carbons (Fsp3) is 0.366. The van der Waals surface area contributed by atoms with E-state index < -0.39 is 60.2 Å². The van der Waals surface area contributed by atoms with Crippen molar-refractivity contribution < 1.29 is 33.8 Å². The summed E-state index contributed by atoms with van der Waals surface area (Å²) in [5.41, 5.74) is 0.931. The molecule has 6 rings (SSSR count). The molecule has 0 saturated carbocycles. The third-order valence-corrected chi connectivity index (χ3v) is 10.3. The quantitative estimate of drug-likeness (QED) is 0.165. The van der Waals surface area contributed by atoms with Gasteiger partial charge in [0.25, 0.3) is 0 Å². The molecule has 7 atom stereocenters. The van der Waals surface area contributed by atoms with Crippen molar-refractivity contribution in [3.05, 3.63) is 133 Å². The van der Waals surface area contributed by atoms with Crippen molar-refractivity contribution in [2.45, 2.75) is 62.1 Å². The van der Waals surface area contributed by atoms with Gasteiger partial charge in [0.15, 0.2) is 0 Å². The molecule has 10 nitrogen and oxygen atoms in total. The summed E-state index contributed by atoms with van der Waals surface area (Å²) in [7, 11) is 0. The molecule has 0 unspecified atom stereocenters. The van der Waals surface area contributed by atoms with Crippen LogP contribution in [0.5, 0.6) is 0 Å². The van der Waals surface area contributed by atoms with Crippen molar-refractivity contribution in [1.29, 1.82) is 0 Å². The maximum Gasteiger partial charge on any atom is 0.313 e. The molecule has 10 heteroatoms. The van der Waals surface area contributed by atoms with Crippen LogP contribution in [0.3, 0.4) is 0 Å². The van der Waals surface area contributed by atoms with E-state index >= 15 is 0 Å². The maximum atomic E-state index is 14.9. The average Bonchev–Trinajstić information content (AvgIpc) is 3.81. The number of allylic oxidation sites excluding steroid dienone is 1. The van der Waals surface area contributed by atoms with Gasteiger partial charge in [-0.2, -0.15) is 0 Å². The van der Waals surface area contributed by atoms with E-state index in [9.17, 15) is 24.3 Å². The Hall–Kier alpha value is -5.06. The summed E-state index contributed by atoms with van der Waals surface area (Å²) < 4.78 is 12.9. The molecule has 0 aromatic heterocycles. The third kappa shape index (κ3) is 7.11. The molecule has 3 saturated heterocycles. The number of amides is 3. The van der Waals surface area contributed by atoms with Crippen LogP contribution in [-0.4, -0.2) is 76.0 Å². The van der Waals surface area contributed by atoms with Crippen LogP contribution < -0.4 is 5.32 Å². The van der Waals surface area contributed by atoms with Crippen LogP contribution in [0.4, 0.5) is 0 Å². The number of esters is 1. The Morgan fingerprint density at radius 1 is 0.980 bits per heavy atom. The van der Waals surface area contributed by atoms with E-state index in [1.165, 1.54) is 4.90 Å².